The molecular weight excluding hydrogens is 1750 g/mol. The Bertz CT molecular complexity index is 2890. The Balaban J connectivity index is 2.82. The first kappa shape index (κ1) is 128. The Kier molecular flexibility index (Phi) is 83.7. The molecule has 800 valence electrons. The zero-order chi connectivity index (χ0) is 99.4. The molecule has 0 aromatic rings. The van der Waals surface area contributed by atoms with E-state index in [0.29, 0.717) is 57.8 Å². The van der Waals surface area contributed by atoms with Crippen LogP contribution in [-0.2, 0) is 80.5 Å². The maximum atomic E-state index is 15.3. The van der Waals surface area contributed by atoms with Crippen molar-refractivity contribution in [3.8, 4) is 0 Å². The lowest BCUT2D eigenvalue weighted by molar-refractivity contribution is -0.298. The highest BCUT2D eigenvalue weighted by Crippen LogP contribution is 2.43. The zero-order valence-corrected chi connectivity index (χ0v) is 88.5. The zero-order valence-electron chi connectivity index (χ0n) is 87.6. The van der Waals surface area contributed by atoms with Crippen LogP contribution < -0.4 is 10.6 Å². The largest absolute Gasteiger partial charge is 0.470 e. The van der Waals surface area contributed by atoms with Crippen molar-refractivity contribution < 1.29 is 111 Å². The molecule has 0 saturated carbocycles. The Morgan fingerprint density at radius 2 is 0.574 bits per heavy atom. The van der Waals surface area contributed by atoms with Gasteiger partial charge in [0.25, 0.3) is 0 Å². The van der Waals surface area contributed by atoms with Crippen molar-refractivity contribution in [1.82, 2.24) is 10.6 Å². The van der Waals surface area contributed by atoms with Crippen LogP contribution in [0, 0.1) is 0 Å². The SMILES string of the molecule is CCCCCCCCCCCCCCCC(=O)O[C@H](CCCCCCCCCCC)CC(=O)N[C@@H]1[C@@H](OC(=O)C[C@H](O)CCCCCCCCCCC)[C@H](O)[C@@H](CO[C@@H]2O[C@H](CO)[C@@H](OP(=O)(O)O)[C@H](OC(=O)C[C@@H](CCCCCCCCCCC)OC(=O)CCCCCCCCCCCCC)[C@H]2NC(=O)C[C@@H](CCCCCCCCCCC)OC(=O)CCCCCCCCCCC)O[C@@H]1O. The second-order valence-corrected chi connectivity index (χ2v) is 41.6. The molecule has 2 aliphatic rings. The molecule has 0 aromatic heterocycles. The highest BCUT2D eigenvalue weighted by molar-refractivity contribution is 7.46. The molecule has 2 saturated heterocycles. The van der Waals surface area contributed by atoms with Gasteiger partial charge in [-0.1, -0.05) is 453 Å². The Labute approximate surface area is 827 Å². The fourth-order valence-corrected chi connectivity index (χ4v) is 19.6. The smallest absolute Gasteiger partial charge is 0.462 e. The summed E-state index contributed by atoms with van der Waals surface area (Å²) in [6, 6.07) is -3.53. The van der Waals surface area contributed by atoms with Gasteiger partial charge in [0.05, 0.1) is 45.0 Å². The number of esters is 5. The number of rotatable bonds is 97. The van der Waals surface area contributed by atoms with Crippen molar-refractivity contribution in [2.45, 2.75) is 648 Å². The number of phosphoric ester groups is 1. The summed E-state index contributed by atoms with van der Waals surface area (Å²) in [6.45, 7) is 13.5. The summed E-state index contributed by atoms with van der Waals surface area (Å²) in [6.07, 6.45) is 52.7. The standard InChI is InChI=1S/C110H207N2O23P/c1-8-15-22-29-36-43-45-46-48-55-62-68-75-81-98(117)128-91(78-71-64-57-50-39-32-25-18-11-4)85-96(115)111-103-107(133-101(120)84-90(114)77-70-63-56-49-38-31-24-17-10-3)105(122)95(131-109(103)123)89-127-110-104(112-97(116)86-92(79-72-65-58-51-40-33-26-19-12-5)129-99(118)82-74-67-60-53-42-35-28-21-14-7)108(106(94(88-113)132-110)135-136(124,125)126)134-102(121)87-93(80-73-66-59-52-41-34-27-20-13-6)130-100(119)83-76-69-61-54-47-44-37-30-23-16-9-2/h90-95,103-110,113-114,122-123H,8-89H2,1-7H3,(H,111,115)(H,112,116)(H2,124,125,126)/t90-,91-,92-,93-,94-,95-,103-,104-,105-,106-,107-,108-,109+,110-/m1/s1. The summed E-state index contributed by atoms with van der Waals surface area (Å²) in [4.78, 5) is 123. The molecular formula is C110H207N2O23P. The lowest BCUT2D eigenvalue weighted by atomic mass is 9.95. The summed E-state index contributed by atoms with van der Waals surface area (Å²) >= 11 is 0. The Morgan fingerprint density at radius 3 is 0.875 bits per heavy atom. The van der Waals surface area contributed by atoms with Crippen molar-refractivity contribution in [3.05, 3.63) is 0 Å². The molecule has 14 atom stereocenters. The molecule has 0 bridgehead atoms. The van der Waals surface area contributed by atoms with Gasteiger partial charge in [-0.15, -0.1) is 0 Å². The van der Waals surface area contributed by atoms with Gasteiger partial charge in [0.2, 0.25) is 11.8 Å². The Hall–Kier alpha value is -3.88. The van der Waals surface area contributed by atoms with Gasteiger partial charge in [-0.05, 0) is 64.2 Å². The first-order valence-electron chi connectivity index (χ1n) is 56.9. The first-order valence-corrected chi connectivity index (χ1v) is 58.5. The number of hydrogen-bond donors (Lipinski definition) is 8. The molecule has 0 aromatic carbocycles. The van der Waals surface area contributed by atoms with E-state index in [9.17, 15) is 58.8 Å². The monoisotopic (exact) mass is 1960 g/mol. The van der Waals surface area contributed by atoms with Crippen LogP contribution in [-0.4, -0.2) is 171 Å². The van der Waals surface area contributed by atoms with E-state index in [-0.39, 0.29) is 38.5 Å². The van der Waals surface area contributed by atoms with Crippen molar-refractivity contribution in [1.29, 1.82) is 0 Å². The van der Waals surface area contributed by atoms with Crippen LogP contribution in [0.4, 0.5) is 0 Å². The molecule has 2 amide bonds. The van der Waals surface area contributed by atoms with Gasteiger partial charge < -0.3 is 78.7 Å². The lowest BCUT2D eigenvalue weighted by Gasteiger charge is -2.46. The van der Waals surface area contributed by atoms with Crippen molar-refractivity contribution >= 4 is 49.5 Å². The maximum Gasteiger partial charge on any atom is 0.470 e. The predicted molar refractivity (Wildman–Crippen MR) is 544 cm³/mol. The number of unbranched alkanes of at least 4 members (excludes halogenated alkanes) is 62. The van der Waals surface area contributed by atoms with Gasteiger partial charge in [0.15, 0.2) is 24.8 Å². The fraction of sp³-hybridized carbons (Fsp3) is 0.936. The minimum atomic E-state index is -5.65. The van der Waals surface area contributed by atoms with Crippen molar-refractivity contribution in [3.63, 3.8) is 0 Å². The van der Waals surface area contributed by atoms with Gasteiger partial charge >= 0.3 is 37.7 Å². The summed E-state index contributed by atoms with van der Waals surface area (Å²) in [7, 11) is -5.65. The third-order valence-corrected chi connectivity index (χ3v) is 27.9. The normalized spacial score (nSPS) is 19.4. The van der Waals surface area contributed by atoms with Crippen LogP contribution in [0.2, 0.25) is 0 Å². The quantitative estimate of drug-likeness (QED) is 0.0121. The third kappa shape index (κ3) is 70.7. The minimum Gasteiger partial charge on any atom is -0.462 e. The van der Waals surface area contributed by atoms with E-state index < -0.39 is 168 Å². The summed E-state index contributed by atoms with van der Waals surface area (Å²) in [5, 5.41) is 53.3. The molecule has 0 spiro atoms. The highest BCUT2D eigenvalue weighted by Gasteiger charge is 2.54. The number of carbonyl (C=O) groups is 7. The molecule has 2 aliphatic heterocycles. The number of carbonyl (C=O) groups excluding carboxylic acids is 7. The minimum absolute atomic E-state index is 0.105. The van der Waals surface area contributed by atoms with Crippen LogP contribution in [0.25, 0.3) is 0 Å². The molecule has 0 unspecified atom stereocenters. The van der Waals surface area contributed by atoms with Crippen LogP contribution in [0.3, 0.4) is 0 Å². The summed E-state index contributed by atoms with van der Waals surface area (Å²) < 4.78 is 68.8. The second-order valence-electron chi connectivity index (χ2n) is 40.4. The first-order chi connectivity index (χ1) is 66.1. The van der Waals surface area contributed by atoms with Gasteiger partial charge in [-0.25, -0.2) is 4.57 Å². The van der Waals surface area contributed by atoms with Gasteiger partial charge in [0, 0.05) is 19.3 Å². The average molecular weight is 1960 g/mol. The molecule has 136 heavy (non-hydrogen) atoms. The Morgan fingerprint density at radius 1 is 0.309 bits per heavy atom. The fourth-order valence-electron chi connectivity index (χ4n) is 19.0. The van der Waals surface area contributed by atoms with E-state index >= 15 is 9.59 Å². The number of nitrogens with one attached hydrogen (secondary N) is 2. The van der Waals surface area contributed by atoms with Gasteiger partial charge in [0.1, 0.15) is 54.8 Å². The van der Waals surface area contributed by atoms with E-state index in [1.165, 1.54) is 141 Å². The van der Waals surface area contributed by atoms with Gasteiger partial charge in [-0.3, -0.25) is 38.1 Å². The number of ether oxygens (including phenoxy) is 8. The molecule has 0 aliphatic carbocycles. The summed E-state index contributed by atoms with van der Waals surface area (Å²) in [5.74, 6) is -4.98. The second kappa shape index (κ2) is 88.8. The summed E-state index contributed by atoms with van der Waals surface area (Å²) in [5.41, 5.74) is 0. The van der Waals surface area contributed by atoms with Crippen LogP contribution >= 0.6 is 7.82 Å². The van der Waals surface area contributed by atoms with Crippen molar-refractivity contribution in [2.75, 3.05) is 13.2 Å². The van der Waals surface area contributed by atoms with Gasteiger partial charge in [-0.2, -0.15) is 0 Å². The number of phosphoric acid groups is 1. The van der Waals surface area contributed by atoms with Crippen LogP contribution in [0.15, 0.2) is 0 Å². The predicted octanol–water partition coefficient (Wildman–Crippen LogP) is 26.5. The number of aliphatic hydroxyl groups excluding tert-OH is 4. The van der Waals surface area contributed by atoms with E-state index in [1.807, 2.05) is 0 Å². The van der Waals surface area contributed by atoms with E-state index in [0.717, 1.165) is 257 Å². The molecule has 26 heteroatoms. The molecule has 25 nitrogen and oxygen atoms in total. The average Bonchev–Trinajstić information content (AvgIpc) is 0.775. The number of aliphatic hydroxyl groups is 4. The molecule has 2 fully saturated rings. The number of amides is 2. The molecule has 2 rings (SSSR count). The number of hydrogen-bond acceptors (Lipinski definition) is 21. The third-order valence-electron chi connectivity index (χ3n) is 27.4. The maximum absolute atomic E-state index is 15.3. The lowest BCUT2D eigenvalue weighted by Crippen LogP contribution is -2.68. The van der Waals surface area contributed by atoms with E-state index in [1.54, 1.807) is 0 Å². The molecule has 2 heterocycles. The highest BCUT2D eigenvalue weighted by atomic mass is 31.2. The van der Waals surface area contributed by atoms with E-state index in [4.69, 9.17) is 42.4 Å². The van der Waals surface area contributed by atoms with E-state index in [2.05, 4.69) is 59.1 Å². The topological polar surface area (TPSA) is 365 Å². The molecule has 8 N–H and O–H groups in total. The molecule has 0 radical (unpaired) electrons. The van der Waals surface area contributed by atoms with Crippen LogP contribution in [0.1, 0.15) is 562 Å². The van der Waals surface area contributed by atoms with Crippen molar-refractivity contribution in [2.24, 2.45) is 0 Å². The van der Waals surface area contributed by atoms with Crippen LogP contribution in [0.5, 0.6) is 0 Å².